The van der Waals surface area contributed by atoms with Crippen LogP contribution in [0.3, 0.4) is 0 Å². The van der Waals surface area contributed by atoms with Gasteiger partial charge >= 0.3 is 6.03 Å². The molecule has 2 amide bonds. The second-order valence-corrected chi connectivity index (χ2v) is 2.39. The summed E-state index contributed by atoms with van der Waals surface area (Å²) in [6.07, 6.45) is -0.323. The number of carbonyl (C=O) groups excluding carboxylic acids is 1. The zero-order valence-corrected chi connectivity index (χ0v) is 6.33. The van der Waals surface area contributed by atoms with Gasteiger partial charge in [0.1, 0.15) is 11.9 Å². The van der Waals surface area contributed by atoms with E-state index in [9.17, 15) is 4.79 Å². The van der Waals surface area contributed by atoms with Crippen molar-refractivity contribution in [2.24, 2.45) is 5.73 Å². The van der Waals surface area contributed by atoms with Crippen molar-refractivity contribution < 1.29 is 9.53 Å². The van der Waals surface area contributed by atoms with E-state index < -0.39 is 6.03 Å². The Labute approximate surface area is 64.6 Å². The van der Waals surface area contributed by atoms with Crippen LogP contribution in [0.1, 0.15) is 6.92 Å². The molecule has 62 valence electrons. The van der Waals surface area contributed by atoms with Crippen molar-refractivity contribution >= 4 is 11.9 Å². The Morgan fingerprint density at radius 3 is 3.00 bits per heavy atom. The van der Waals surface area contributed by atoms with Crippen molar-refractivity contribution in [3.63, 3.8) is 0 Å². The number of amidine groups is 1. The molecule has 1 fully saturated rings. The molecule has 0 saturated carbocycles. The average molecular weight is 157 g/mol. The highest BCUT2D eigenvalue weighted by Crippen LogP contribution is 2.05. The van der Waals surface area contributed by atoms with Crippen LogP contribution in [-0.2, 0) is 4.74 Å². The molecular weight excluding hydrogens is 146 g/mol. The van der Waals surface area contributed by atoms with Gasteiger partial charge in [-0.25, -0.2) is 4.79 Å². The number of nitrogens with one attached hydrogen (secondary N) is 1. The van der Waals surface area contributed by atoms with E-state index in [1.54, 1.807) is 6.92 Å². The molecule has 0 aromatic rings. The largest absolute Gasteiger partial charge is 0.369 e. The molecule has 5 nitrogen and oxygen atoms in total. The highest BCUT2D eigenvalue weighted by molar-refractivity contribution is 5.97. The summed E-state index contributed by atoms with van der Waals surface area (Å²) in [6.45, 7) is 2.56. The van der Waals surface area contributed by atoms with E-state index in [1.165, 1.54) is 4.90 Å². The van der Waals surface area contributed by atoms with Gasteiger partial charge in [-0.3, -0.25) is 10.3 Å². The Kier molecular flexibility index (Phi) is 2.09. The summed E-state index contributed by atoms with van der Waals surface area (Å²) in [7, 11) is 0. The Balaban J connectivity index is 2.66. The molecule has 1 atom stereocenters. The third kappa shape index (κ3) is 1.48. The highest BCUT2D eigenvalue weighted by atomic mass is 16.5. The molecule has 0 unspecified atom stereocenters. The van der Waals surface area contributed by atoms with Crippen LogP contribution in [-0.4, -0.2) is 36.0 Å². The number of morpholine rings is 1. The molecule has 0 aromatic heterocycles. The second-order valence-electron chi connectivity index (χ2n) is 2.39. The van der Waals surface area contributed by atoms with Gasteiger partial charge in [0.2, 0.25) is 0 Å². The third-order valence-corrected chi connectivity index (χ3v) is 1.62. The minimum Gasteiger partial charge on any atom is -0.369 e. The lowest BCUT2D eigenvalue weighted by molar-refractivity contribution is 0.0686. The number of nitrogens with zero attached hydrogens (tertiary/aromatic N) is 1. The molecule has 0 aromatic carbocycles. The fourth-order valence-corrected chi connectivity index (χ4v) is 0.969. The van der Waals surface area contributed by atoms with E-state index in [0.29, 0.717) is 13.2 Å². The lowest BCUT2D eigenvalue weighted by Gasteiger charge is -2.30. The third-order valence-electron chi connectivity index (χ3n) is 1.62. The normalized spacial score (nSPS) is 25.4. The van der Waals surface area contributed by atoms with Crippen molar-refractivity contribution in [1.29, 1.82) is 5.41 Å². The summed E-state index contributed by atoms with van der Waals surface area (Å²) < 4.78 is 5.10. The average Bonchev–Trinajstić information content (AvgIpc) is 1.94. The summed E-state index contributed by atoms with van der Waals surface area (Å²) in [5.41, 5.74) is 5.01. The lowest BCUT2D eigenvalue weighted by atomic mass is 10.3. The molecule has 0 aliphatic carbocycles. The fraction of sp³-hybridized carbons (Fsp3) is 0.667. The second kappa shape index (κ2) is 2.87. The van der Waals surface area contributed by atoms with E-state index in [-0.39, 0.29) is 11.9 Å². The Bertz CT molecular complexity index is 192. The molecule has 0 radical (unpaired) electrons. The van der Waals surface area contributed by atoms with Gasteiger partial charge in [0.15, 0.2) is 0 Å². The molecule has 1 aliphatic rings. The Morgan fingerprint density at radius 2 is 2.55 bits per heavy atom. The monoisotopic (exact) mass is 157 g/mol. The number of primary amides is 1. The summed E-state index contributed by atoms with van der Waals surface area (Å²) in [5.74, 6) is 0.142. The zero-order valence-electron chi connectivity index (χ0n) is 6.33. The van der Waals surface area contributed by atoms with Crippen LogP contribution in [0.15, 0.2) is 0 Å². The zero-order chi connectivity index (χ0) is 8.43. The fourth-order valence-electron chi connectivity index (χ4n) is 0.969. The minimum atomic E-state index is -0.579. The number of hydrogen-bond acceptors (Lipinski definition) is 3. The first-order valence-electron chi connectivity index (χ1n) is 3.40. The molecule has 5 heteroatoms. The van der Waals surface area contributed by atoms with Gasteiger partial charge in [0, 0.05) is 0 Å². The molecule has 0 spiro atoms. The summed E-state index contributed by atoms with van der Waals surface area (Å²) >= 11 is 0. The van der Waals surface area contributed by atoms with Crippen LogP contribution >= 0.6 is 0 Å². The predicted octanol–water partition coefficient (Wildman–Crippen LogP) is -0.237. The Morgan fingerprint density at radius 1 is 1.91 bits per heavy atom. The highest BCUT2D eigenvalue weighted by Gasteiger charge is 2.25. The van der Waals surface area contributed by atoms with Crippen LogP contribution in [0.25, 0.3) is 0 Å². The van der Waals surface area contributed by atoms with Crippen LogP contribution in [0.2, 0.25) is 0 Å². The van der Waals surface area contributed by atoms with E-state index in [0.717, 1.165) is 0 Å². The number of hydrogen-bond donors (Lipinski definition) is 2. The quantitative estimate of drug-likeness (QED) is 0.509. The van der Waals surface area contributed by atoms with Crippen molar-refractivity contribution in [3.8, 4) is 0 Å². The molecule has 3 N–H and O–H groups in total. The number of amides is 2. The summed E-state index contributed by atoms with van der Waals surface area (Å²) in [6, 6.07) is -0.579. The lowest BCUT2D eigenvalue weighted by Crippen LogP contribution is -2.51. The van der Waals surface area contributed by atoms with E-state index >= 15 is 0 Å². The van der Waals surface area contributed by atoms with Gasteiger partial charge < -0.3 is 10.5 Å². The molecule has 1 rings (SSSR count). The van der Waals surface area contributed by atoms with Gasteiger partial charge in [-0.15, -0.1) is 0 Å². The minimum absolute atomic E-state index is 0.142. The number of rotatable bonds is 0. The molecule has 1 aliphatic heterocycles. The van der Waals surface area contributed by atoms with Crippen LogP contribution in [0, 0.1) is 5.41 Å². The van der Waals surface area contributed by atoms with Crippen molar-refractivity contribution in [2.45, 2.75) is 13.0 Å². The van der Waals surface area contributed by atoms with E-state index in [2.05, 4.69) is 0 Å². The SMILES string of the molecule is C[C@H]1OCCN(C(N)=O)C1=N. The summed E-state index contributed by atoms with van der Waals surface area (Å²) in [4.78, 5) is 11.9. The smallest absolute Gasteiger partial charge is 0.320 e. The van der Waals surface area contributed by atoms with E-state index in [1.807, 2.05) is 0 Å². The van der Waals surface area contributed by atoms with Gasteiger partial charge in [-0.05, 0) is 6.92 Å². The molecule has 1 heterocycles. The number of urea groups is 1. The van der Waals surface area contributed by atoms with Gasteiger partial charge in [-0.2, -0.15) is 0 Å². The molecule has 1 saturated heterocycles. The van der Waals surface area contributed by atoms with Crippen LogP contribution < -0.4 is 5.73 Å². The van der Waals surface area contributed by atoms with Gasteiger partial charge in [0.25, 0.3) is 0 Å². The van der Waals surface area contributed by atoms with Crippen LogP contribution in [0.5, 0.6) is 0 Å². The number of ether oxygens (including phenoxy) is 1. The molecule has 0 bridgehead atoms. The molecule has 11 heavy (non-hydrogen) atoms. The first-order valence-corrected chi connectivity index (χ1v) is 3.40. The number of carbonyl (C=O) groups is 1. The maximum Gasteiger partial charge on any atom is 0.320 e. The Hall–Kier alpha value is -1.10. The van der Waals surface area contributed by atoms with Crippen molar-refractivity contribution in [1.82, 2.24) is 4.90 Å². The standard InChI is InChI=1S/C6H11N3O2/c1-4-5(7)9(6(8)10)2-3-11-4/h4,7H,2-3H2,1H3,(H2,8,10)/t4-/m1/s1. The first-order chi connectivity index (χ1) is 5.13. The van der Waals surface area contributed by atoms with Crippen molar-refractivity contribution in [2.75, 3.05) is 13.2 Å². The van der Waals surface area contributed by atoms with Gasteiger partial charge in [0.05, 0.1) is 13.2 Å². The topological polar surface area (TPSA) is 79.4 Å². The van der Waals surface area contributed by atoms with Crippen LogP contribution in [0.4, 0.5) is 4.79 Å². The first kappa shape index (κ1) is 8.00. The predicted molar refractivity (Wildman–Crippen MR) is 39.4 cm³/mol. The van der Waals surface area contributed by atoms with Gasteiger partial charge in [-0.1, -0.05) is 0 Å². The van der Waals surface area contributed by atoms with Crippen molar-refractivity contribution in [3.05, 3.63) is 0 Å². The number of nitrogens with two attached hydrogens (primary N) is 1. The molecular formula is C6H11N3O2. The van der Waals surface area contributed by atoms with E-state index in [4.69, 9.17) is 15.9 Å². The maximum atomic E-state index is 10.7. The maximum absolute atomic E-state index is 10.7. The summed E-state index contributed by atoms with van der Waals surface area (Å²) in [5, 5.41) is 7.38.